The molecule has 0 rings (SSSR count). The Morgan fingerprint density at radius 1 is 1.25 bits per heavy atom. The minimum Gasteiger partial charge on any atom is -0.165 e. The second kappa shape index (κ2) is 6.24. The second-order valence-electron chi connectivity index (χ2n) is 2.25. The van der Waals surface area contributed by atoms with Crippen molar-refractivity contribution in [2.24, 2.45) is 0 Å². The lowest BCUT2D eigenvalue weighted by atomic mass is 10.2. The van der Waals surface area contributed by atoms with E-state index in [9.17, 15) is 13.2 Å². The van der Waals surface area contributed by atoms with Crippen LogP contribution >= 0.6 is 11.8 Å². The Labute approximate surface area is 74.9 Å². The third kappa shape index (κ3) is 9.70. The van der Waals surface area contributed by atoms with E-state index in [1.54, 1.807) is 11.8 Å². The number of thioether (sulfide) groups is 1. The number of halogens is 3. The SMILES string of the molecule is CSCCCCC#CC(F)(F)F. The van der Waals surface area contributed by atoms with Gasteiger partial charge in [-0.15, -0.1) is 0 Å². The topological polar surface area (TPSA) is 0 Å². The Balaban J connectivity index is 3.34. The number of alkyl halides is 3. The third-order valence-electron chi connectivity index (χ3n) is 1.13. The molecule has 0 N–H and O–H groups in total. The first-order chi connectivity index (χ1) is 5.56. The van der Waals surface area contributed by atoms with Gasteiger partial charge in [0, 0.05) is 12.3 Å². The van der Waals surface area contributed by atoms with Crippen molar-refractivity contribution in [3.05, 3.63) is 0 Å². The average Bonchev–Trinajstić information content (AvgIpc) is 1.94. The van der Waals surface area contributed by atoms with Crippen molar-refractivity contribution in [3.8, 4) is 11.8 Å². The summed E-state index contributed by atoms with van der Waals surface area (Å²) in [6, 6.07) is 0. The highest BCUT2D eigenvalue weighted by Gasteiger charge is 2.22. The van der Waals surface area contributed by atoms with Crippen molar-refractivity contribution in [2.45, 2.75) is 25.4 Å². The van der Waals surface area contributed by atoms with Gasteiger partial charge in [0.15, 0.2) is 0 Å². The zero-order chi connectivity index (χ0) is 9.45. The molecule has 0 aromatic rings. The first-order valence-electron chi connectivity index (χ1n) is 3.62. The molecule has 0 amide bonds. The van der Waals surface area contributed by atoms with Crippen molar-refractivity contribution >= 4 is 11.8 Å². The molecule has 0 heterocycles. The fourth-order valence-electron chi connectivity index (χ4n) is 0.623. The zero-order valence-corrected chi connectivity index (χ0v) is 7.69. The molecule has 12 heavy (non-hydrogen) atoms. The summed E-state index contributed by atoms with van der Waals surface area (Å²) in [6.07, 6.45) is -0.307. The first-order valence-corrected chi connectivity index (χ1v) is 5.01. The van der Waals surface area contributed by atoms with Crippen molar-refractivity contribution in [1.29, 1.82) is 0 Å². The van der Waals surface area contributed by atoms with Crippen LogP contribution < -0.4 is 0 Å². The zero-order valence-electron chi connectivity index (χ0n) is 6.87. The van der Waals surface area contributed by atoms with Gasteiger partial charge in [-0.25, -0.2) is 0 Å². The van der Waals surface area contributed by atoms with Crippen LogP contribution in [0.4, 0.5) is 13.2 Å². The molecule has 70 valence electrons. The van der Waals surface area contributed by atoms with Crippen LogP contribution in [0.25, 0.3) is 0 Å². The Bertz CT molecular complexity index is 163. The maximum absolute atomic E-state index is 11.5. The van der Waals surface area contributed by atoms with Gasteiger partial charge in [0.2, 0.25) is 0 Å². The van der Waals surface area contributed by atoms with Gasteiger partial charge in [-0.1, -0.05) is 5.92 Å². The van der Waals surface area contributed by atoms with Crippen LogP contribution in [-0.2, 0) is 0 Å². The summed E-state index contributed by atoms with van der Waals surface area (Å²) in [5.41, 5.74) is 0. The van der Waals surface area contributed by atoms with Gasteiger partial charge in [-0.3, -0.25) is 0 Å². The molecule has 0 atom stereocenters. The van der Waals surface area contributed by atoms with Crippen LogP contribution in [0.2, 0.25) is 0 Å². The van der Waals surface area contributed by atoms with Gasteiger partial charge in [-0.05, 0) is 24.9 Å². The van der Waals surface area contributed by atoms with Gasteiger partial charge in [0.05, 0.1) is 0 Å². The number of hydrogen-bond acceptors (Lipinski definition) is 1. The summed E-state index contributed by atoms with van der Waals surface area (Å²) in [7, 11) is 0. The lowest BCUT2D eigenvalue weighted by Crippen LogP contribution is -2.01. The van der Waals surface area contributed by atoms with Gasteiger partial charge in [0.25, 0.3) is 0 Å². The normalized spacial score (nSPS) is 10.7. The molecule has 4 heteroatoms. The van der Waals surface area contributed by atoms with Gasteiger partial charge < -0.3 is 0 Å². The largest absolute Gasteiger partial charge is 0.457 e. The highest BCUT2D eigenvalue weighted by molar-refractivity contribution is 7.98. The van der Waals surface area contributed by atoms with Crippen LogP contribution in [0.3, 0.4) is 0 Å². The van der Waals surface area contributed by atoms with E-state index in [4.69, 9.17) is 0 Å². The first kappa shape index (κ1) is 11.7. The predicted octanol–water partition coefficient (Wildman–Crippen LogP) is 3.09. The predicted molar refractivity (Wildman–Crippen MR) is 46.1 cm³/mol. The second-order valence-corrected chi connectivity index (χ2v) is 3.24. The van der Waals surface area contributed by atoms with E-state index in [0.29, 0.717) is 6.42 Å². The molecule has 0 radical (unpaired) electrons. The highest BCUT2D eigenvalue weighted by atomic mass is 32.2. The molecule has 0 aliphatic carbocycles. The average molecular weight is 196 g/mol. The molecule has 0 spiro atoms. The van der Waals surface area contributed by atoms with Crippen LogP contribution in [0.5, 0.6) is 0 Å². The van der Waals surface area contributed by atoms with Crippen molar-refractivity contribution < 1.29 is 13.2 Å². The Morgan fingerprint density at radius 3 is 2.42 bits per heavy atom. The Kier molecular flexibility index (Phi) is 6.09. The lowest BCUT2D eigenvalue weighted by Gasteiger charge is -1.93. The maximum Gasteiger partial charge on any atom is 0.457 e. The smallest absolute Gasteiger partial charge is 0.165 e. The summed E-state index contributed by atoms with van der Waals surface area (Å²) < 4.78 is 34.4. The van der Waals surface area contributed by atoms with Crippen molar-refractivity contribution in [3.63, 3.8) is 0 Å². The van der Waals surface area contributed by atoms with Crippen LogP contribution in [-0.4, -0.2) is 18.2 Å². The molecular formula is C8H11F3S. The summed E-state index contributed by atoms with van der Waals surface area (Å²) >= 11 is 1.69. The Hall–Kier alpha value is -0.300. The van der Waals surface area contributed by atoms with E-state index in [1.807, 2.05) is 6.26 Å². The molecule has 0 aromatic carbocycles. The minimum atomic E-state index is -4.32. The summed E-state index contributed by atoms with van der Waals surface area (Å²) in [6.45, 7) is 0. The van der Waals surface area contributed by atoms with Crippen LogP contribution in [0.15, 0.2) is 0 Å². The molecule has 0 unspecified atom stereocenters. The highest BCUT2D eigenvalue weighted by Crippen LogP contribution is 2.12. The molecule has 0 bridgehead atoms. The molecule has 0 fully saturated rings. The number of unbranched alkanes of at least 4 members (excludes halogenated alkanes) is 2. The summed E-state index contributed by atoms with van der Waals surface area (Å²) in [4.78, 5) is 0. The Morgan fingerprint density at radius 2 is 1.92 bits per heavy atom. The van der Waals surface area contributed by atoms with Gasteiger partial charge in [-0.2, -0.15) is 24.9 Å². The summed E-state index contributed by atoms with van der Waals surface area (Å²) in [5.74, 6) is 4.34. The van der Waals surface area contributed by atoms with E-state index in [2.05, 4.69) is 5.92 Å². The molecule has 0 saturated heterocycles. The number of rotatable bonds is 4. The molecule has 0 nitrogen and oxygen atoms in total. The molecule has 0 aromatic heterocycles. The van der Waals surface area contributed by atoms with Crippen molar-refractivity contribution in [1.82, 2.24) is 0 Å². The monoisotopic (exact) mass is 196 g/mol. The fourth-order valence-corrected chi connectivity index (χ4v) is 1.12. The number of hydrogen-bond donors (Lipinski definition) is 0. The van der Waals surface area contributed by atoms with E-state index < -0.39 is 6.18 Å². The van der Waals surface area contributed by atoms with E-state index in [-0.39, 0.29) is 0 Å². The third-order valence-corrected chi connectivity index (χ3v) is 1.83. The van der Waals surface area contributed by atoms with Gasteiger partial charge in [0.1, 0.15) is 0 Å². The van der Waals surface area contributed by atoms with Gasteiger partial charge >= 0.3 is 6.18 Å². The summed E-state index contributed by atoms with van der Waals surface area (Å²) in [5, 5.41) is 0. The standard InChI is InChI=1S/C8H11F3S/c1-12-7-5-3-2-4-6-8(9,10)11/h2-3,5,7H2,1H3. The van der Waals surface area contributed by atoms with Crippen LogP contribution in [0.1, 0.15) is 19.3 Å². The van der Waals surface area contributed by atoms with E-state index in [1.165, 1.54) is 5.92 Å². The van der Waals surface area contributed by atoms with Crippen molar-refractivity contribution in [2.75, 3.05) is 12.0 Å². The fraction of sp³-hybridized carbons (Fsp3) is 0.750. The maximum atomic E-state index is 11.5. The van der Waals surface area contributed by atoms with E-state index >= 15 is 0 Å². The molecule has 0 aliphatic heterocycles. The van der Waals surface area contributed by atoms with Crippen LogP contribution in [0, 0.1) is 11.8 Å². The molecule has 0 aliphatic rings. The van der Waals surface area contributed by atoms with E-state index in [0.717, 1.165) is 18.6 Å². The minimum absolute atomic E-state index is 0.347. The quantitative estimate of drug-likeness (QED) is 0.492. The molecular weight excluding hydrogens is 185 g/mol. The molecule has 0 saturated carbocycles. The lowest BCUT2D eigenvalue weighted by molar-refractivity contribution is -0.0697.